The number of fused-ring (bicyclic) bond motifs is 1. The Balaban J connectivity index is 1.58. The van der Waals surface area contributed by atoms with Crippen LogP contribution >= 0.6 is 23.4 Å². The number of pyridine rings is 1. The Morgan fingerprint density at radius 3 is 2.62 bits per heavy atom. The number of para-hydroxylation sites is 1. The quantitative estimate of drug-likeness (QED) is 0.624. The van der Waals surface area contributed by atoms with Crippen molar-refractivity contribution in [2.24, 2.45) is 0 Å². The highest BCUT2D eigenvalue weighted by Gasteiger charge is 2.10. The topological polar surface area (TPSA) is 33.2 Å². The maximum Gasteiger partial charge on any atom is 0.233 e. The first-order valence-corrected chi connectivity index (χ1v) is 8.95. The van der Waals surface area contributed by atoms with Crippen LogP contribution in [0.25, 0.3) is 10.9 Å². The first-order chi connectivity index (χ1) is 11.6. The third-order valence-electron chi connectivity index (χ3n) is 3.68. The molecule has 0 aliphatic rings. The Morgan fingerprint density at radius 2 is 1.83 bits per heavy atom. The van der Waals surface area contributed by atoms with Crippen LogP contribution in [0.15, 0.2) is 65.7 Å². The number of halogens is 1. The Bertz CT molecular complexity index is 851. The summed E-state index contributed by atoms with van der Waals surface area (Å²) < 4.78 is 0. The van der Waals surface area contributed by atoms with Gasteiger partial charge in [0.05, 0.1) is 16.3 Å². The minimum atomic E-state index is 0.0740. The van der Waals surface area contributed by atoms with E-state index in [1.807, 2.05) is 67.7 Å². The molecule has 0 fully saturated rings. The van der Waals surface area contributed by atoms with Gasteiger partial charge in [0.1, 0.15) is 0 Å². The van der Waals surface area contributed by atoms with Crippen LogP contribution in [0.4, 0.5) is 0 Å². The maximum atomic E-state index is 12.3. The fourth-order valence-corrected chi connectivity index (χ4v) is 3.27. The molecule has 24 heavy (non-hydrogen) atoms. The van der Waals surface area contributed by atoms with Gasteiger partial charge >= 0.3 is 0 Å². The molecule has 0 atom stereocenters. The molecule has 0 saturated heterocycles. The number of carbonyl (C=O) groups is 1. The molecule has 0 aliphatic carbocycles. The second-order valence-electron chi connectivity index (χ2n) is 5.51. The molecule has 3 aromatic rings. The number of hydrogen-bond acceptors (Lipinski definition) is 3. The summed E-state index contributed by atoms with van der Waals surface area (Å²) in [4.78, 5) is 18.6. The lowest BCUT2D eigenvalue weighted by Gasteiger charge is -2.17. The van der Waals surface area contributed by atoms with E-state index in [1.54, 1.807) is 4.90 Å². The molecule has 0 aliphatic heterocycles. The monoisotopic (exact) mass is 356 g/mol. The minimum Gasteiger partial charge on any atom is -0.341 e. The van der Waals surface area contributed by atoms with Crippen molar-refractivity contribution in [3.8, 4) is 0 Å². The number of amides is 1. The number of nitrogens with zero attached hydrogens (tertiary/aromatic N) is 2. The van der Waals surface area contributed by atoms with Gasteiger partial charge < -0.3 is 4.90 Å². The van der Waals surface area contributed by atoms with Crippen LogP contribution in [0, 0.1) is 0 Å². The molecule has 1 amide bonds. The Hall–Kier alpha value is -2.04. The number of thioether (sulfide) groups is 1. The first-order valence-electron chi connectivity index (χ1n) is 7.59. The van der Waals surface area contributed by atoms with E-state index < -0.39 is 0 Å². The van der Waals surface area contributed by atoms with Crippen LogP contribution in [-0.2, 0) is 11.3 Å². The van der Waals surface area contributed by atoms with E-state index >= 15 is 0 Å². The van der Waals surface area contributed by atoms with E-state index in [0.29, 0.717) is 17.3 Å². The summed E-state index contributed by atoms with van der Waals surface area (Å²) in [6.45, 7) is 0.571. The van der Waals surface area contributed by atoms with Gasteiger partial charge in [0.2, 0.25) is 5.91 Å². The van der Waals surface area contributed by atoms with Crippen molar-refractivity contribution in [1.29, 1.82) is 0 Å². The van der Waals surface area contributed by atoms with Crippen molar-refractivity contribution < 1.29 is 4.79 Å². The van der Waals surface area contributed by atoms with Crippen LogP contribution in [0.1, 0.15) is 5.56 Å². The standard InChI is InChI=1S/C19H17ClN2OS/c1-22(12-14-6-9-16(20)10-7-14)19(23)13-24-18-11-8-15-4-2-3-5-17(15)21-18/h2-11H,12-13H2,1H3. The maximum absolute atomic E-state index is 12.3. The van der Waals surface area contributed by atoms with E-state index in [9.17, 15) is 4.79 Å². The molecule has 0 unspecified atom stereocenters. The normalized spacial score (nSPS) is 10.8. The van der Waals surface area contributed by atoms with Crippen LogP contribution in [0.3, 0.4) is 0 Å². The molecule has 1 aromatic heterocycles. The molecule has 1 heterocycles. The van der Waals surface area contributed by atoms with Crippen molar-refractivity contribution in [1.82, 2.24) is 9.88 Å². The number of rotatable bonds is 5. The van der Waals surface area contributed by atoms with Gasteiger partial charge in [0.25, 0.3) is 0 Å². The third-order valence-corrected chi connectivity index (χ3v) is 4.84. The van der Waals surface area contributed by atoms with Gasteiger partial charge in [-0.3, -0.25) is 4.79 Å². The van der Waals surface area contributed by atoms with Gasteiger partial charge in [-0.15, -0.1) is 0 Å². The van der Waals surface area contributed by atoms with Crippen molar-refractivity contribution in [2.75, 3.05) is 12.8 Å². The second kappa shape index (κ2) is 7.69. The largest absolute Gasteiger partial charge is 0.341 e. The lowest BCUT2D eigenvalue weighted by Crippen LogP contribution is -2.27. The molecule has 0 spiro atoms. The number of benzene rings is 2. The van der Waals surface area contributed by atoms with Gasteiger partial charge in [-0.2, -0.15) is 0 Å². The summed E-state index contributed by atoms with van der Waals surface area (Å²) in [6, 6.07) is 19.5. The zero-order chi connectivity index (χ0) is 16.9. The van der Waals surface area contributed by atoms with Crippen LogP contribution in [0.2, 0.25) is 5.02 Å². The van der Waals surface area contributed by atoms with Crippen molar-refractivity contribution in [2.45, 2.75) is 11.6 Å². The summed E-state index contributed by atoms with van der Waals surface area (Å²) in [5, 5.41) is 2.67. The van der Waals surface area contributed by atoms with Crippen LogP contribution in [-0.4, -0.2) is 28.6 Å². The molecule has 5 heteroatoms. The first kappa shape index (κ1) is 16.8. The lowest BCUT2D eigenvalue weighted by atomic mass is 10.2. The van der Waals surface area contributed by atoms with Gasteiger partial charge in [-0.05, 0) is 29.8 Å². The molecule has 122 valence electrons. The van der Waals surface area contributed by atoms with Crippen LogP contribution in [0.5, 0.6) is 0 Å². The predicted octanol–water partition coefficient (Wildman–Crippen LogP) is 4.64. The molecular weight excluding hydrogens is 340 g/mol. The van der Waals surface area contributed by atoms with E-state index in [-0.39, 0.29) is 5.91 Å². The molecule has 3 rings (SSSR count). The fraction of sp³-hybridized carbons (Fsp3) is 0.158. The molecule has 0 N–H and O–H groups in total. The third kappa shape index (κ3) is 4.28. The average molecular weight is 357 g/mol. The summed E-state index contributed by atoms with van der Waals surface area (Å²) >= 11 is 7.34. The average Bonchev–Trinajstić information content (AvgIpc) is 2.61. The molecule has 0 saturated carbocycles. The highest BCUT2D eigenvalue weighted by atomic mass is 35.5. The summed E-state index contributed by atoms with van der Waals surface area (Å²) in [5.74, 6) is 0.444. The molecule has 3 nitrogen and oxygen atoms in total. The second-order valence-corrected chi connectivity index (χ2v) is 6.94. The van der Waals surface area contributed by atoms with Crippen molar-refractivity contribution >= 4 is 40.2 Å². The minimum absolute atomic E-state index is 0.0740. The van der Waals surface area contributed by atoms with Gasteiger partial charge in [-0.25, -0.2) is 4.98 Å². The zero-order valence-electron chi connectivity index (χ0n) is 13.3. The summed E-state index contributed by atoms with van der Waals surface area (Å²) in [5.41, 5.74) is 2.01. The molecule has 0 bridgehead atoms. The fourth-order valence-electron chi connectivity index (χ4n) is 2.33. The Kier molecular flexibility index (Phi) is 5.38. The van der Waals surface area contributed by atoms with Crippen LogP contribution < -0.4 is 0 Å². The number of aromatic nitrogens is 1. The molecular formula is C19H17ClN2OS. The highest BCUT2D eigenvalue weighted by Crippen LogP contribution is 2.20. The number of carbonyl (C=O) groups excluding carboxylic acids is 1. The van der Waals surface area contributed by atoms with Gasteiger partial charge in [0.15, 0.2) is 0 Å². The highest BCUT2D eigenvalue weighted by molar-refractivity contribution is 7.99. The lowest BCUT2D eigenvalue weighted by molar-refractivity contribution is -0.127. The summed E-state index contributed by atoms with van der Waals surface area (Å²) in [6.07, 6.45) is 0. The number of hydrogen-bond donors (Lipinski definition) is 0. The van der Waals surface area contributed by atoms with E-state index in [0.717, 1.165) is 21.5 Å². The Labute approximate surface area is 150 Å². The molecule has 2 aromatic carbocycles. The van der Waals surface area contributed by atoms with E-state index in [2.05, 4.69) is 4.98 Å². The predicted molar refractivity (Wildman–Crippen MR) is 100 cm³/mol. The van der Waals surface area contributed by atoms with Crippen molar-refractivity contribution in [3.63, 3.8) is 0 Å². The van der Waals surface area contributed by atoms with E-state index in [4.69, 9.17) is 11.6 Å². The van der Waals surface area contributed by atoms with Crippen molar-refractivity contribution in [3.05, 3.63) is 71.2 Å². The summed E-state index contributed by atoms with van der Waals surface area (Å²) in [7, 11) is 1.81. The molecule has 0 radical (unpaired) electrons. The zero-order valence-corrected chi connectivity index (χ0v) is 14.8. The van der Waals surface area contributed by atoms with E-state index in [1.165, 1.54) is 11.8 Å². The smallest absolute Gasteiger partial charge is 0.233 e. The van der Waals surface area contributed by atoms with Gasteiger partial charge in [0, 0.05) is 24.0 Å². The Morgan fingerprint density at radius 1 is 1.08 bits per heavy atom. The van der Waals surface area contributed by atoms with Gasteiger partial charge in [-0.1, -0.05) is 59.8 Å². The SMILES string of the molecule is CN(Cc1ccc(Cl)cc1)C(=O)CSc1ccc2ccccc2n1.